The number of rotatable bonds is 5. The fraction of sp³-hybridized carbons (Fsp3) is 0.375. The van der Waals surface area contributed by atoms with E-state index >= 15 is 0 Å². The van der Waals surface area contributed by atoms with Crippen LogP contribution in [0.25, 0.3) is 0 Å². The summed E-state index contributed by atoms with van der Waals surface area (Å²) in [7, 11) is -2.97. The molecule has 0 radical (unpaired) electrons. The Hall–Kier alpha value is -2.39. The van der Waals surface area contributed by atoms with Crippen LogP contribution < -0.4 is 4.72 Å². The molecule has 1 aromatic carbocycles. The summed E-state index contributed by atoms with van der Waals surface area (Å²) in [6.45, 7) is 3.69. The monoisotopic (exact) mass is 368 g/mol. The summed E-state index contributed by atoms with van der Waals surface area (Å²) >= 11 is 0. The molecule has 136 valence electrons. The van der Waals surface area contributed by atoms with Crippen LogP contribution in [0.4, 0.5) is 0 Å². The largest absolute Gasteiger partial charge is 0.465 e. The second-order valence-corrected chi connectivity index (χ2v) is 7.11. The Morgan fingerprint density at radius 2 is 1.80 bits per heavy atom. The topological polar surface area (TPSA) is 102 Å². The van der Waals surface area contributed by atoms with Crippen molar-refractivity contribution in [3.8, 4) is 0 Å². The molecule has 1 N–H and O–H groups in total. The molecular formula is C16H20N2O6S. The lowest BCUT2D eigenvalue weighted by Crippen LogP contribution is -2.37. The SMILES string of the molecule is COC(=O)/C(=C/N1CCOCC1)C(=O)NS(=O)(=O)c1ccc(C)cc1. The van der Waals surface area contributed by atoms with Gasteiger partial charge in [-0.15, -0.1) is 0 Å². The van der Waals surface area contributed by atoms with Gasteiger partial charge in [-0.2, -0.15) is 0 Å². The summed E-state index contributed by atoms with van der Waals surface area (Å²) in [5, 5.41) is 0. The summed E-state index contributed by atoms with van der Waals surface area (Å²) in [6, 6.07) is 6.00. The van der Waals surface area contributed by atoms with E-state index in [0.717, 1.165) is 12.7 Å². The molecule has 0 spiro atoms. The minimum atomic E-state index is -4.10. The number of aryl methyl sites for hydroxylation is 1. The fourth-order valence-corrected chi connectivity index (χ4v) is 3.12. The minimum absolute atomic E-state index is 0.0676. The van der Waals surface area contributed by atoms with E-state index in [1.165, 1.54) is 18.3 Å². The van der Waals surface area contributed by atoms with Crippen molar-refractivity contribution in [2.24, 2.45) is 0 Å². The highest BCUT2D eigenvalue weighted by atomic mass is 32.2. The molecule has 1 aromatic rings. The second kappa shape index (κ2) is 8.13. The van der Waals surface area contributed by atoms with Crippen LogP contribution in [0.3, 0.4) is 0 Å². The van der Waals surface area contributed by atoms with Crippen LogP contribution in [0.15, 0.2) is 40.9 Å². The molecule has 25 heavy (non-hydrogen) atoms. The lowest BCUT2D eigenvalue weighted by atomic mass is 10.2. The number of nitrogens with one attached hydrogen (secondary N) is 1. The zero-order valence-corrected chi connectivity index (χ0v) is 14.8. The number of carbonyl (C=O) groups is 2. The van der Waals surface area contributed by atoms with E-state index in [0.29, 0.717) is 26.3 Å². The number of esters is 1. The van der Waals surface area contributed by atoms with Gasteiger partial charge in [0.05, 0.1) is 25.2 Å². The quantitative estimate of drug-likeness (QED) is 0.342. The number of methoxy groups -OCH3 is 1. The Kier molecular flexibility index (Phi) is 6.16. The molecule has 1 heterocycles. The van der Waals surface area contributed by atoms with Crippen molar-refractivity contribution in [3.63, 3.8) is 0 Å². The third kappa shape index (κ3) is 5.04. The van der Waals surface area contributed by atoms with Crippen LogP contribution in [0.2, 0.25) is 0 Å². The van der Waals surface area contributed by atoms with E-state index in [-0.39, 0.29) is 10.5 Å². The van der Waals surface area contributed by atoms with Crippen LogP contribution in [-0.4, -0.2) is 58.6 Å². The Morgan fingerprint density at radius 1 is 1.20 bits per heavy atom. The number of sulfonamides is 1. The van der Waals surface area contributed by atoms with E-state index in [1.807, 2.05) is 11.6 Å². The Labute approximate surface area is 146 Å². The fourth-order valence-electron chi connectivity index (χ4n) is 2.16. The van der Waals surface area contributed by atoms with E-state index in [4.69, 9.17) is 4.74 Å². The van der Waals surface area contributed by atoms with Gasteiger partial charge < -0.3 is 14.4 Å². The molecule has 1 saturated heterocycles. The standard InChI is InChI=1S/C16H20N2O6S/c1-12-3-5-13(6-4-12)25(21,22)17-15(19)14(16(20)23-2)11-18-7-9-24-10-8-18/h3-6,11H,7-10H2,1-2H3,(H,17,19)/b14-11+. The minimum Gasteiger partial charge on any atom is -0.465 e. The molecule has 0 aliphatic carbocycles. The van der Waals surface area contributed by atoms with Gasteiger partial charge in [0, 0.05) is 19.3 Å². The maximum Gasteiger partial charge on any atom is 0.345 e. The van der Waals surface area contributed by atoms with Gasteiger partial charge in [0.25, 0.3) is 15.9 Å². The molecule has 0 unspecified atom stereocenters. The van der Waals surface area contributed by atoms with Gasteiger partial charge >= 0.3 is 5.97 Å². The first-order valence-corrected chi connectivity index (χ1v) is 9.07. The van der Waals surface area contributed by atoms with Crippen molar-refractivity contribution in [3.05, 3.63) is 41.6 Å². The van der Waals surface area contributed by atoms with Crippen LogP contribution in [0.1, 0.15) is 5.56 Å². The van der Waals surface area contributed by atoms with Crippen molar-refractivity contribution in [1.82, 2.24) is 9.62 Å². The first-order chi connectivity index (χ1) is 11.8. The summed E-state index contributed by atoms with van der Waals surface area (Å²) in [6.07, 6.45) is 1.30. The third-order valence-corrected chi connectivity index (χ3v) is 4.91. The molecular weight excluding hydrogens is 348 g/mol. The van der Waals surface area contributed by atoms with Crippen LogP contribution in [0.5, 0.6) is 0 Å². The highest BCUT2D eigenvalue weighted by Gasteiger charge is 2.26. The van der Waals surface area contributed by atoms with E-state index in [1.54, 1.807) is 17.0 Å². The number of amides is 1. The smallest absolute Gasteiger partial charge is 0.345 e. The summed E-state index contributed by atoms with van der Waals surface area (Å²) in [5.74, 6) is -1.96. The van der Waals surface area contributed by atoms with Crippen LogP contribution in [0, 0.1) is 6.92 Å². The van der Waals surface area contributed by atoms with Crippen molar-refractivity contribution in [2.45, 2.75) is 11.8 Å². The first kappa shape index (κ1) is 18.9. The maximum absolute atomic E-state index is 12.4. The number of carbonyl (C=O) groups excluding carboxylic acids is 2. The molecule has 2 rings (SSSR count). The van der Waals surface area contributed by atoms with Crippen molar-refractivity contribution in [2.75, 3.05) is 33.4 Å². The van der Waals surface area contributed by atoms with Crippen molar-refractivity contribution >= 4 is 21.9 Å². The maximum atomic E-state index is 12.4. The highest BCUT2D eigenvalue weighted by molar-refractivity contribution is 7.90. The lowest BCUT2D eigenvalue weighted by molar-refractivity contribution is -0.138. The highest BCUT2D eigenvalue weighted by Crippen LogP contribution is 2.12. The number of hydrogen-bond donors (Lipinski definition) is 1. The van der Waals surface area contributed by atoms with Crippen molar-refractivity contribution < 1.29 is 27.5 Å². The van der Waals surface area contributed by atoms with Gasteiger partial charge in [0.2, 0.25) is 0 Å². The third-order valence-electron chi connectivity index (χ3n) is 3.57. The molecule has 0 atom stereocenters. The van der Waals surface area contributed by atoms with E-state index in [9.17, 15) is 18.0 Å². The average Bonchev–Trinajstić information content (AvgIpc) is 2.59. The number of morpholine rings is 1. The molecule has 1 aliphatic rings. The van der Waals surface area contributed by atoms with Gasteiger partial charge in [0.15, 0.2) is 0 Å². The zero-order chi connectivity index (χ0) is 18.4. The van der Waals surface area contributed by atoms with Crippen LogP contribution in [-0.2, 0) is 29.1 Å². The Bertz CT molecular complexity index is 764. The normalized spacial score (nSPS) is 15.6. The molecule has 0 bridgehead atoms. The Morgan fingerprint density at radius 3 is 2.36 bits per heavy atom. The predicted molar refractivity (Wildman–Crippen MR) is 89.0 cm³/mol. The van der Waals surface area contributed by atoms with E-state index in [2.05, 4.69) is 4.74 Å². The molecule has 1 fully saturated rings. The molecule has 0 aromatic heterocycles. The van der Waals surface area contributed by atoms with E-state index < -0.39 is 21.9 Å². The first-order valence-electron chi connectivity index (χ1n) is 7.59. The number of hydrogen-bond acceptors (Lipinski definition) is 7. The van der Waals surface area contributed by atoms with Gasteiger partial charge in [-0.1, -0.05) is 17.7 Å². The molecule has 1 aliphatic heterocycles. The zero-order valence-electron chi connectivity index (χ0n) is 14.0. The van der Waals surface area contributed by atoms with Crippen LogP contribution >= 0.6 is 0 Å². The predicted octanol–water partition coefficient (Wildman–Crippen LogP) is 0.189. The number of ether oxygens (including phenoxy) is 2. The van der Waals surface area contributed by atoms with Gasteiger partial charge in [-0.3, -0.25) is 4.79 Å². The van der Waals surface area contributed by atoms with Crippen molar-refractivity contribution in [1.29, 1.82) is 0 Å². The van der Waals surface area contributed by atoms with Gasteiger partial charge in [-0.05, 0) is 19.1 Å². The number of nitrogens with zero attached hydrogens (tertiary/aromatic N) is 1. The summed E-state index contributed by atoms with van der Waals surface area (Å²) in [4.78, 5) is 25.9. The lowest BCUT2D eigenvalue weighted by Gasteiger charge is -2.25. The molecule has 0 saturated carbocycles. The molecule has 8 nitrogen and oxygen atoms in total. The van der Waals surface area contributed by atoms with Gasteiger partial charge in [0.1, 0.15) is 5.57 Å². The summed E-state index contributed by atoms with van der Waals surface area (Å²) in [5.41, 5.74) is 0.493. The average molecular weight is 368 g/mol. The molecule has 1 amide bonds. The second-order valence-electron chi connectivity index (χ2n) is 5.43. The summed E-state index contributed by atoms with van der Waals surface area (Å²) < 4.78 is 36.3. The Balaban J connectivity index is 2.22. The molecule has 9 heteroatoms. The number of benzene rings is 1. The van der Waals surface area contributed by atoms with Gasteiger partial charge in [-0.25, -0.2) is 17.9 Å².